The molecule has 0 saturated carbocycles. The van der Waals surface area contributed by atoms with E-state index in [2.05, 4.69) is 20.9 Å². The lowest BCUT2D eigenvalue weighted by Gasteiger charge is -2.23. The Morgan fingerprint density at radius 2 is 1.54 bits per heavy atom. The van der Waals surface area contributed by atoms with Crippen LogP contribution in [0.4, 0.5) is 27.5 Å². The van der Waals surface area contributed by atoms with Crippen LogP contribution < -0.4 is 20.9 Å². The molecule has 180 valence electrons. The molecule has 0 radical (unpaired) electrons. The molecule has 35 heavy (non-hydrogen) atoms. The van der Waals surface area contributed by atoms with E-state index in [1.165, 1.54) is 7.11 Å². The number of ether oxygens (including phenoxy) is 1. The van der Waals surface area contributed by atoms with Gasteiger partial charge in [-0.15, -0.1) is 0 Å². The van der Waals surface area contributed by atoms with Crippen LogP contribution in [0.1, 0.15) is 39.1 Å². The number of methoxy groups -OCH3 is 1. The van der Waals surface area contributed by atoms with Gasteiger partial charge in [-0.05, 0) is 67.8 Å². The molecule has 1 fully saturated rings. The van der Waals surface area contributed by atoms with Crippen LogP contribution in [0, 0.1) is 6.92 Å². The second-order valence-corrected chi connectivity index (χ2v) is 8.37. The number of carbonyl (C=O) groups is 3. The number of amides is 3. The Balaban J connectivity index is 1.58. The van der Waals surface area contributed by atoms with Gasteiger partial charge in [-0.1, -0.05) is 24.3 Å². The molecule has 0 spiro atoms. The zero-order valence-electron chi connectivity index (χ0n) is 19.8. The molecule has 3 aromatic carbocycles. The van der Waals surface area contributed by atoms with Crippen LogP contribution in [0.15, 0.2) is 66.7 Å². The Morgan fingerprint density at radius 1 is 0.829 bits per heavy atom. The molecule has 1 aliphatic heterocycles. The number of anilines is 4. The van der Waals surface area contributed by atoms with E-state index < -0.39 is 12.0 Å². The Hall–Kier alpha value is -4.33. The van der Waals surface area contributed by atoms with E-state index in [4.69, 9.17) is 4.74 Å². The molecule has 3 N–H and O–H groups in total. The summed E-state index contributed by atoms with van der Waals surface area (Å²) >= 11 is 0. The summed E-state index contributed by atoms with van der Waals surface area (Å²) in [7, 11) is 1.30. The Labute approximate surface area is 204 Å². The molecule has 0 bridgehead atoms. The predicted molar refractivity (Wildman–Crippen MR) is 137 cm³/mol. The lowest BCUT2D eigenvalue weighted by molar-refractivity contribution is 0.0601. The maximum absolute atomic E-state index is 13.0. The van der Waals surface area contributed by atoms with Gasteiger partial charge in [-0.25, -0.2) is 9.59 Å². The lowest BCUT2D eigenvalue weighted by Crippen LogP contribution is -2.25. The second-order valence-electron chi connectivity index (χ2n) is 8.37. The number of nitrogens with one attached hydrogen (secondary N) is 3. The van der Waals surface area contributed by atoms with Crippen LogP contribution in [0.2, 0.25) is 0 Å². The standard InChI is InChI=1S/C27H28N4O4/c1-18-10-12-21(26(33)35-2)22(16-18)29-27(34)30-23-17-20(11-13-24(23)31-14-6-7-15-31)28-25(32)19-8-4-3-5-9-19/h3-5,8-13,16-17H,6-7,14-15H2,1-2H3,(H,28,32)(H2,29,30,34). The molecule has 0 aromatic heterocycles. The molecule has 4 rings (SSSR count). The summed E-state index contributed by atoms with van der Waals surface area (Å²) < 4.78 is 4.83. The molecule has 8 heteroatoms. The van der Waals surface area contributed by atoms with Gasteiger partial charge in [0.25, 0.3) is 5.91 Å². The second kappa shape index (κ2) is 10.7. The van der Waals surface area contributed by atoms with E-state index in [-0.39, 0.29) is 11.5 Å². The highest BCUT2D eigenvalue weighted by Gasteiger charge is 2.19. The maximum Gasteiger partial charge on any atom is 0.339 e. The zero-order valence-corrected chi connectivity index (χ0v) is 19.8. The van der Waals surface area contributed by atoms with Crippen LogP contribution in [0.3, 0.4) is 0 Å². The van der Waals surface area contributed by atoms with Gasteiger partial charge in [-0.2, -0.15) is 0 Å². The van der Waals surface area contributed by atoms with Gasteiger partial charge < -0.3 is 25.6 Å². The largest absolute Gasteiger partial charge is 0.465 e. The van der Waals surface area contributed by atoms with Crippen LogP contribution in [-0.4, -0.2) is 38.1 Å². The van der Waals surface area contributed by atoms with Crippen molar-refractivity contribution in [2.45, 2.75) is 19.8 Å². The third-order valence-corrected chi connectivity index (χ3v) is 5.81. The van der Waals surface area contributed by atoms with Crippen molar-refractivity contribution >= 4 is 40.7 Å². The fraction of sp³-hybridized carbons (Fsp3) is 0.222. The van der Waals surface area contributed by atoms with Crippen LogP contribution in [0.5, 0.6) is 0 Å². The van der Waals surface area contributed by atoms with Crippen molar-refractivity contribution in [3.05, 3.63) is 83.4 Å². The monoisotopic (exact) mass is 472 g/mol. The minimum atomic E-state index is -0.538. The molecule has 0 aliphatic carbocycles. The van der Waals surface area contributed by atoms with Crippen LogP contribution in [0.25, 0.3) is 0 Å². The summed E-state index contributed by atoms with van der Waals surface area (Å²) in [6.45, 7) is 3.64. The third-order valence-electron chi connectivity index (χ3n) is 5.81. The summed E-state index contributed by atoms with van der Waals surface area (Å²) in [4.78, 5) is 40.0. The van der Waals surface area contributed by atoms with Crippen molar-refractivity contribution in [1.82, 2.24) is 0 Å². The first-order valence-electron chi connectivity index (χ1n) is 11.5. The molecule has 0 atom stereocenters. The average Bonchev–Trinajstić information content (AvgIpc) is 3.39. The predicted octanol–water partition coefficient (Wildman–Crippen LogP) is 5.28. The Kier molecular flexibility index (Phi) is 7.30. The van der Waals surface area contributed by atoms with E-state index in [9.17, 15) is 14.4 Å². The van der Waals surface area contributed by atoms with Crippen LogP contribution >= 0.6 is 0 Å². The van der Waals surface area contributed by atoms with Gasteiger partial charge in [0.15, 0.2) is 0 Å². The van der Waals surface area contributed by atoms with Gasteiger partial charge in [0, 0.05) is 24.3 Å². The summed E-state index contributed by atoms with van der Waals surface area (Å²) in [6, 6.07) is 19.0. The highest BCUT2D eigenvalue weighted by atomic mass is 16.5. The molecule has 1 aliphatic rings. The van der Waals surface area contributed by atoms with Gasteiger partial charge in [0.05, 0.1) is 29.7 Å². The number of hydrogen-bond acceptors (Lipinski definition) is 5. The smallest absolute Gasteiger partial charge is 0.339 e. The molecule has 1 heterocycles. The van der Waals surface area contributed by atoms with Gasteiger partial charge in [0.1, 0.15) is 0 Å². The van der Waals surface area contributed by atoms with E-state index in [0.29, 0.717) is 22.6 Å². The number of hydrogen-bond donors (Lipinski definition) is 3. The van der Waals surface area contributed by atoms with E-state index in [1.807, 2.05) is 25.1 Å². The maximum atomic E-state index is 13.0. The van der Waals surface area contributed by atoms with Crippen molar-refractivity contribution in [3.63, 3.8) is 0 Å². The van der Waals surface area contributed by atoms with Crippen LogP contribution in [-0.2, 0) is 4.74 Å². The van der Waals surface area contributed by atoms with Crippen molar-refractivity contribution in [3.8, 4) is 0 Å². The number of esters is 1. The average molecular weight is 473 g/mol. The minimum Gasteiger partial charge on any atom is -0.465 e. The number of carbonyl (C=O) groups excluding carboxylic acids is 3. The summed E-state index contributed by atoms with van der Waals surface area (Å²) in [5.74, 6) is -0.777. The van der Waals surface area contributed by atoms with E-state index in [1.54, 1.807) is 48.5 Å². The molecular formula is C27H28N4O4. The van der Waals surface area contributed by atoms with E-state index >= 15 is 0 Å². The first-order chi connectivity index (χ1) is 16.9. The number of rotatable bonds is 6. The van der Waals surface area contributed by atoms with Crippen molar-refractivity contribution in [2.24, 2.45) is 0 Å². The minimum absolute atomic E-state index is 0.239. The summed E-state index contributed by atoms with van der Waals surface area (Å²) in [5.41, 5.74) is 4.02. The van der Waals surface area contributed by atoms with Gasteiger partial charge >= 0.3 is 12.0 Å². The van der Waals surface area contributed by atoms with Crippen molar-refractivity contribution in [1.29, 1.82) is 0 Å². The molecule has 1 saturated heterocycles. The summed E-state index contributed by atoms with van der Waals surface area (Å²) in [6.07, 6.45) is 2.15. The summed E-state index contributed by atoms with van der Waals surface area (Å²) in [5, 5.41) is 8.55. The SMILES string of the molecule is COC(=O)c1ccc(C)cc1NC(=O)Nc1cc(NC(=O)c2ccccc2)ccc1N1CCCC1. The van der Waals surface area contributed by atoms with Crippen molar-refractivity contribution < 1.29 is 19.1 Å². The van der Waals surface area contributed by atoms with E-state index in [0.717, 1.165) is 37.2 Å². The Bertz CT molecular complexity index is 1240. The van der Waals surface area contributed by atoms with Gasteiger partial charge in [-0.3, -0.25) is 4.79 Å². The molecule has 3 amide bonds. The number of aryl methyl sites for hydroxylation is 1. The first kappa shape index (κ1) is 23.8. The topological polar surface area (TPSA) is 99.8 Å². The third kappa shape index (κ3) is 5.78. The highest BCUT2D eigenvalue weighted by molar-refractivity contribution is 6.08. The fourth-order valence-corrected chi connectivity index (χ4v) is 4.07. The van der Waals surface area contributed by atoms with Gasteiger partial charge in [0.2, 0.25) is 0 Å². The number of nitrogens with zero attached hydrogens (tertiary/aromatic N) is 1. The normalized spacial score (nSPS) is 12.7. The molecule has 0 unspecified atom stereocenters. The molecule has 3 aromatic rings. The number of benzene rings is 3. The fourth-order valence-electron chi connectivity index (χ4n) is 4.07. The zero-order chi connectivity index (χ0) is 24.8. The van der Waals surface area contributed by atoms with Crippen molar-refractivity contribution in [2.75, 3.05) is 41.0 Å². The highest BCUT2D eigenvalue weighted by Crippen LogP contribution is 2.32. The molecule has 8 nitrogen and oxygen atoms in total. The lowest BCUT2D eigenvalue weighted by atomic mass is 10.1. The number of urea groups is 1. The quantitative estimate of drug-likeness (QED) is 0.424. The Morgan fingerprint density at radius 3 is 2.26 bits per heavy atom. The molecular weight excluding hydrogens is 444 g/mol. The first-order valence-corrected chi connectivity index (χ1v) is 11.5.